The van der Waals surface area contributed by atoms with Crippen LogP contribution in [0.2, 0.25) is 0 Å². The number of carbonyl (C=O) groups is 1. The van der Waals surface area contributed by atoms with Crippen molar-refractivity contribution in [1.82, 2.24) is 14.9 Å². The Morgan fingerprint density at radius 2 is 2.00 bits per heavy atom. The maximum Gasteiger partial charge on any atom is 0.222 e. The Morgan fingerprint density at radius 3 is 2.96 bits per heavy atom. The molecule has 0 saturated heterocycles. The number of benzene rings is 2. The Labute approximate surface area is 135 Å². The number of hydrogen-bond donors (Lipinski definition) is 1. The zero-order valence-electron chi connectivity index (χ0n) is 12.9. The second-order valence-electron chi connectivity index (χ2n) is 6.03. The number of nitrogens with zero attached hydrogens (tertiary/aromatic N) is 2. The normalized spacial score (nSPS) is 16.4. The number of nitrogens with one attached hydrogen (secondary N) is 1. The lowest BCUT2D eigenvalue weighted by molar-refractivity contribution is -0.122. The molecule has 23 heavy (non-hydrogen) atoms. The number of fused-ring (bicyclic) bond motifs is 2. The molecule has 1 N–H and O–H groups in total. The highest BCUT2D eigenvalue weighted by atomic mass is 16.1. The summed E-state index contributed by atoms with van der Waals surface area (Å²) in [6, 6.07) is 16.5. The summed E-state index contributed by atoms with van der Waals surface area (Å²) in [6.07, 6.45) is 4.33. The van der Waals surface area contributed by atoms with E-state index in [-0.39, 0.29) is 11.9 Å². The van der Waals surface area contributed by atoms with Gasteiger partial charge in [-0.15, -0.1) is 0 Å². The fraction of sp³-hybridized carbons (Fsp3) is 0.263. The van der Waals surface area contributed by atoms with Crippen LogP contribution >= 0.6 is 0 Å². The van der Waals surface area contributed by atoms with Crippen molar-refractivity contribution in [1.29, 1.82) is 0 Å². The third kappa shape index (κ3) is 2.72. The van der Waals surface area contributed by atoms with Gasteiger partial charge in [-0.1, -0.05) is 36.4 Å². The van der Waals surface area contributed by atoms with Crippen molar-refractivity contribution >= 4 is 16.9 Å². The van der Waals surface area contributed by atoms with E-state index in [2.05, 4.69) is 28.5 Å². The van der Waals surface area contributed by atoms with E-state index >= 15 is 0 Å². The molecule has 3 aromatic rings. The first kappa shape index (κ1) is 14.0. The van der Waals surface area contributed by atoms with Gasteiger partial charge >= 0.3 is 0 Å². The van der Waals surface area contributed by atoms with Crippen molar-refractivity contribution in [2.45, 2.75) is 31.8 Å². The number of hydrogen-bond acceptors (Lipinski definition) is 2. The molecule has 0 radical (unpaired) electrons. The Hall–Kier alpha value is -2.62. The Balaban J connectivity index is 1.40. The molecular weight excluding hydrogens is 286 g/mol. The summed E-state index contributed by atoms with van der Waals surface area (Å²) in [5.74, 6) is 0.101. The highest BCUT2D eigenvalue weighted by Crippen LogP contribution is 2.30. The molecule has 1 amide bonds. The van der Waals surface area contributed by atoms with Crippen LogP contribution in [-0.2, 0) is 17.8 Å². The lowest BCUT2D eigenvalue weighted by Gasteiger charge is -2.14. The fourth-order valence-electron chi connectivity index (χ4n) is 3.38. The van der Waals surface area contributed by atoms with Gasteiger partial charge in [0.05, 0.1) is 23.4 Å². The maximum atomic E-state index is 12.3. The van der Waals surface area contributed by atoms with Crippen molar-refractivity contribution < 1.29 is 4.79 Å². The van der Waals surface area contributed by atoms with Crippen LogP contribution in [-0.4, -0.2) is 15.5 Å². The molecule has 0 spiro atoms. The van der Waals surface area contributed by atoms with Crippen molar-refractivity contribution in [3.63, 3.8) is 0 Å². The summed E-state index contributed by atoms with van der Waals surface area (Å²) in [4.78, 5) is 16.7. The van der Waals surface area contributed by atoms with Crippen molar-refractivity contribution in [2.75, 3.05) is 0 Å². The van der Waals surface area contributed by atoms with Crippen LogP contribution in [0.3, 0.4) is 0 Å². The fourth-order valence-corrected chi connectivity index (χ4v) is 3.38. The molecular formula is C19H19N3O. The third-order valence-electron chi connectivity index (χ3n) is 4.58. The number of carbonyl (C=O) groups excluding carboxylic acids is 1. The van der Waals surface area contributed by atoms with E-state index in [4.69, 9.17) is 0 Å². The SMILES string of the molecule is O=C(CCn1cnc2ccccc21)NC1CCc2ccccc21. The Morgan fingerprint density at radius 1 is 1.17 bits per heavy atom. The summed E-state index contributed by atoms with van der Waals surface area (Å²) in [6.45, 7) is 0.653. The largest absolute Gasteiger partial charge is 0.349 e. The van der Waals surface area contributed by atoms with Gasteiger partial charge in [-0.3, -0.25) is 4.79 Å². The molecule has 1 aliphatic rings. The zero-order valence-corrected chi connectivity index (χ0v) is 12.9. The molecule has 0 saturated carbocycles. The van der Waals surface area contributed by atoms with Gasteiger partial charge in [0, 0.05) is 13.0 Å². The summed E-state index contributed by atoms with van der Waals surface area (Å²) in [5.41, 5.74) is 4.68. The average Bonchev–Trinajstić information content (AvgIpc) is 3.18. The van der Waals surface area contributed by atoms with E-state index in [9.17, 15) is 4.79 Å². The minimum atomic E-state index is 0.101. The molecule has 2 aromatic carbocycles. The summed E-state index contributed by atoms with van der Waals surface area (Å²) < 4.78 is 2.04. The molecule has 1 aliphatic carbocycles. The first-order chi connectivity index (χ1) is 11.3. The minimum absolute atomic E-state index is 0.101. The van der Waals surface area contributed by atoms with Gasteiger partial charge in [0.25, 0.3) is 0 Å². The molecule has 116 valence electrons. The lowest BCUT2D eigenvalue weighted by atomic mass is 10.1. The average molecular weight is 305 g/mol. The van der Waals surface area contributed by atoms with Gasteiger partial charge in [-0.2, -0.15) is 0 Å². The number of para-hydroxylation sites is 2. The van der Waals surface area contributed by atoms with E-state index in [0.717, 1.165) is 23.9 Å². The van der Waals surface area contributed by atoms with Crippen LogP contribution in [0.4, 0.5) is 0 Å². The molecule has 4 rings (SSSR count). The van der Waals surface area contributed by atoms with Gasteiger partial charge in [-0.05, 0) is 36.1 Å². The number of imidazole rings is 1. The third-order valence-corrected chi connectivity index (χ3v) is 4.58. The quantitative estimate of drug-likeness (QED) is 0.804. The van der Waals surface area contributed by atoms with Crippen LogP contribution in [0, 0.1) is 0 Å². The molecule has 1 atom stereocenters. The van der Waals surface area contributed by atoms with E-state index in [1.807, 2.05) is 41.2 Å². The highest BCUT2D eigenvalue weighted by molar-refractivity contribution is 5.78. The van der Waals surface area contributed by atoms with Crippen LogP contribution in [0.15, 0.2) is 54.9 Å². The summed E-state index contributed by atoms with van der Waals surface area (Å²) in [5, 5.41) is 3.17. The van der Waals surface area contributed by atoms with E-state index in [1.165, 1.54) is 11.1 Å². The van der Waals surface area contributed by atoms with Crippen LogP contribution in [0.5, 0.6) is 0 Å². The second-order valence-corrected chi connectivity index (χ2v) is 6.03. The number of aryl methyl sites for hydroxylation is 2. The zero-order chi connectivity index (χ0) is 15.6. The predicted octanol–water partition coefficient (Wildman–Crippen LogP) is 3.23. The van der Waals surface area contributed by atoms with E-state index < -0.39 is 0 Å². The lowest BCUT2D eigenvalue weighted by Crippen LogP contribution is -2.27. The van der Waals surface area contributed by atoms with Crippen LogP contribution in [0.25, 0.3) is 11.0 Å². The number of aromatic nitrogens is 2. The first-order valence-electron chi connectivity index (χ1n) is 8.08. The summed E-state index contributed by atoms with van der Waals surface area (Å²) in [7, 11) is 0. The minimum Gasteiger partial charge on any atom is -0.349 e. The smallest absolute Gasteiger partial charge is 0.222 e. The van der Waals surface area contributed by atoms with Gasteiger partial charge in [-0.25, -0.2) is 4.98 Å². The molecule has 4 heteroatoms. The second kappa shape index (κ2) is 5.88. The van der Waals surface area contributed by atoms with Crippen molar-refractivity contribution in [3.8, 4) is 0 Å². The van der Waals surface area contributed by atoms with Gasteiger partial charge in [0.2, 0.25) is 5.91 Å². The Kier molecular flexibility index (Phi) is 3.58. The van der Waals surface area contributed by atoms with Gasteiger partial charge in [0.15, 0.2) is 0 Å². The van der Waals surface area contributed by atoms with Crippen LogP contribution in [0.1, 0.15) is 30.0 Å². The summed E-state index contributed by atoms with van der Waals surface area (Å²) >= 11 is 0. The number of amides is 1. The standard InChI is InChI=1S/C19H19N3O/c23-19(21-16-10-9-14-5-1-2-6-15(14)16)11-12-22-13-20-17-7-3-4-8-18(17)22/h1-8,13,16H,9-12H2,(H,21,23). The molecule has 1 heterocycles. The topological polar surface area (TPSA) is 46.9 Å². The van der Waals surface area contributed by atoms with E-state index in [1.54, 1.807) is 0 Å². The monoisotopic (exact) mass is 305 g/mol. The molecule has 0 aliphatic heterocycles. The Bertz CT molecular complexity index is 852. The predicted molar refractivity (Wildman–Crippen MR) is 90.0 cm³/mol. The van der Waals surface area contributed by atoms with Gasteiger partial charge in [0.1, 0.15) is 0 Å². The van der Waals surface area contributed by atoms with Gasteiger partial charge < -0.3 is 9.88 Å². The number of rotatable bonds is 4. The molecule has 4 nitrogen and oxygen atoms in total. The molecule has 1 unspecified atom stereocenters. The van der Waals surface area contributed by atoms with Crippen molar-refractivity contribution in [2.24, 2.45) is 0 Å². The van der Waals surface area contributed by atoms with Crippen molar-refractivity contribution in [3.05, 3.63) is 66.0 Å². The maximum absolute atomic E-state index is 12.3. The van der Waals surface area contributed by atoms with Crippen LogP contribution < -0.4 is 5.32 Å². The van der Waals surface area contributed by atoms with E-state index in [0.29, 0.717) is 13.0 Å². The first-order valence-corrected chi connectivity index (χ1v) is 8.08. The molecule has 0 fully saturated rings. The molecule has 1 aromatic heterocycles. The highest BCUT2D eigenvalue weighted by Gasteiger charge is 2.23. The molecule has 0 bridgehead atoms.